The summed E-state index contributed by atoms with van der Waals surface area (Å²) in [5.41, 5.74) is 0.998. The van der Waals surface area contributed by atoms with Gasteiger partial charge in [-0.05, 0) is 12.0 Å². The molecular weight excluding hydrogens is 358 g/mol. The predicted octanol–water partition coefficient (Wildman–Crippen LogP) is -3.32. The maximum absolute atomic E-state index is 10.1. The van der Waals surface area contributed by atoms with Gasteiger partial charge in [-0.25, -0.2) is 0 Å². The van der Waals surface area contributed by atoms with Crippen LogP contribution in [-0.4, -0.2) is 115 Å². The molecule has 0 aliphatic heterocycles. The Labute approximate surface area is 158 Å². The van der Waals surface area contributed by atoms with Crippen LogP contribution in [0.4, 0.5) is 0 Å². The van der Waals surface area contributed by atoms with E-state index in [1.165, 1.54) is 0 Å². The van der Waals surface area contributed by atoms with Crippen molar-refractivity contribution in [3.8, 4) is 0 Å². The fraction of sp³-hybridized carbons (Fsp3) is 0.667. The quantitative estimate of drug-likeness (QED) is 0.172. The summed E-state index contributed by atoms with van der Waals surface area (Å²) in [4.78, 5) is 1.56. The van der Waals surface area contributed by atoms with E-state index in [9.17, 15) is 30.6 Å². The Morgan fingerprint density at radius 1 is 0.667 bits per heavy atom. The van der Waals surface area contributed by atoms with Crippen LogP contribution >= 0.6 is 0 Å². The summed E-state index contributed by atoms with van der Waals surface area (Å²) >= 11 is 0. The Hall–Kier alpha value is -1.14. The van der Waals surface area contributed by atoms with Gasteiger partial charge in [0, 0.05) is 19.6 Å². The van der Waals surface area contributed by atoms with E-state index in [2.05, 4.69) is 0 Å². The van der Waals surface area contributed by atoms with E-state index in [1.54, 1.807) is 4.90 Å². The van der Waals surface area contributed by atoms with Crippen molar-refractivity contribution in [1.82, 2.24) is 4.90 Å². The molecule has 0 fully saturated rings. The number of hydrogen-bond acceptors (Lipinski definition) is 9. The minimum atomic E-state index is -1.58. The second-order valence-corrected chi connectivity index (χ2v) is 6.61. The SMILES string of the molecule is OC[C@@H](O)[C@@H](O)[C@@H](O)CN(CCc1ccccc1)C[C@H](O)[C@H](O)[C@H](O)CO. The molecule has 0 heterocycles. The maximum atomic E-state index is 10.1. The molecule has 0 aliphatic carbocycles. The van der Waals surface area contributed by atoms with Crippen LogP contribution in [0, 0.1) is 0 Å². The summed E-state index contributed by atoms with van der Waals surface area (Å²) in [6.07, 6.45) is -8.45. The average molecular weight is 389 g/mol. The van der Waals surface area contributed by atoms with E-state index >= 15 is 0 Å². The highest BCUT2D eigenvalue weighted by molar-refractivity contribution is 5.14. The number of nitrogens with zero attached hydrogens (tertiary/aromatic N) is 1. The molecule has 6 atom stereocenters. The molecule has 9 heteroatoms. The molecule has 0 unspecified atom stereocenters. The molecule has 0 saturated heterocycles. The Morgan fingerprint density at radius 3 is 1.52 bits per heavy atom. The summed E-state index contributed by atoms with van der Waals surface area (Å²) in [6, 6.07) is 9.41. The van der Waals surface area contributed by atoms with Gasteiger partial charge in [0.05, 0.1) is 25.4 Å². The van der Waals surface area contributed by atoms with Gasteiger partial charge in [0.1, 0.15) is 24.4 Å². The molecule has 1 rings (SSSR count). The zero-order chi connectivity index (χ0) is 20.4. The Morgan fingerprint density at radius 2 is 1.11 bits per heavy atom. The molecule has 0 aromatic heterocycles. The largest absolute Gasteiger partial charge is 0.394 e. The molecule has 0 amide bonds. The number of benzene rings is 1. The number of hydrogen-bond donors (Lipinski definition) is 8. The topological polar surface area (TPSA) is 165 Å². The van der Waals surface area contributed by atoms with Crippen molar-refractivity contribution in [3.05, 3.63) is 35.9 Å². The zero-order valence-electron chi connectivity index (χ0n) is 15.1. The van der Waals surface area contributed by atoms with Crippen molar-refractivity contribution >= 4 is 0 Å². The van der Waals surface area contributed by atoms with E-state index in [0.29, 0.717) is 13.0 Å². The van der Waals surface area contributed by atoms with Crippen LogP contribution in [0.2, 0.25) is 0 Å². The lowest BCUT2D eigenvalue weighted by atomic mass is 10.0. The summed E-state index contributed by atoms with van der Waals surface area (Å²) in [7, 11) is 0. The first-order chi connectivity index (χ1) is 12.8. The van der Waals surface area contributed by atoms with Crippen molar-refractivity contribution in [2.75, 3.05) is 32.8 Å². The van der Waals surface area contributed by atoms with E-state index in [4.69, 9.17) is 10.2 Å². The molecular formula is C18H31NO8. The van der Waals surface area contributed by atoms with Gasteiger partial charge in [0.25, 0.3) is 0 Å². The summed E-state index contributed by atoms with van der Waals surface area (Å²) < 4.78 is 0. The molecule has 9 nitrogen and oxygen atoms in total. The van der Waals surface area contributed by atoms with Gasteiger partial charge in [-0.3, -0.25) is 4.90 Å². The molecule has 1 aromatic rings. The zero-order valence-corrected chi connectivity index (χ0v) is 15.1. The summed E-state index contributed by atoms with van der Waals surface area (Å²) in [6.45, 7) is -1.38. The first-order valence-electron chi connectivity index (χ1n) is 8.86. The van der Waals surface area contributed by atoms with E-state index in [-0.39, 0.29) is 13.1 Å². The van der Waals surface area contributed by atoms with Crippen molar-refractivity contribution in [2.45, 2.75) is 43.0 Å². The highest BCUT2D eigenvalue weighted by Crippen LogP contribution is 2.09. The van der Waals surface area contributed by atoms with Gasteiger partial charge >= 0.3 is 0 Å². The van der Waals surface area contributed by atoms with Gasteiger partial charge in [-0.15, -0.1) is 0 Å². The summed E-state index contributed by atoms with van der Waals surface area (Å²) in [5.74, 6) is 0. The van der Waals surface area contributed by atoms with Crippen molar-refractivity contribution in [2.24, 2.45) is 0 Å². The van der Waals surface area contributed by atoms with Gasteiger partial charge in [-0.2, -0.15) is 0 Å². The molecule has 0 aliphatic rings. The van der Waals surface area contributed by atoms with Gasteiger partial charge in [0.15, 0.2) is 0 Å². The highest BCUT2D eigenvalue weighted by atomic mass is 16.4. The third-order valence-electron chi connectivity index (χ3n) is 4.40. The third-order valence-corrected chi connectivity index (χ3v) is 4.40. The molecule has 27 heavy (non-hydrogen) atoms. The van der Waals surface area contributed by atoms with Gasteiger partial charge < -0.3 is 40.9 Å². The molecule has 0 bridgehead atoms. The maximum Gasteiger partial charge on any atom is 0.109 e. The smallest absolute Gasteiger partial charge is 0.109 e. The van der Waals surface area contributed by atoms with Crippen LogP contribution in [0.15, 0.2) is 30.3 Å². The molecule has 0 spiro atoms. The minimum Gasteiger partial charge on any atom is -0.394 e. The Bertz CT molecular complexity index is 481. The second-order valence-electron chi connectivity index (χ2n) is 6.61. The van der Waals surface area contributed by atoms with Crippen molar-refractivity contribution in [3.63, 3.8) is 0 Å². The monoisotopic (exact) mass is 389 g/mol. The average Bonchev–Trinajstić information content (AvgIpc) is 2.69. The van der Waals surface area contributed by atoms with Crippen LogP contribution in [0.1, 0.15) is 5.56 Å². The number of aliphatic hydroxyl groups excluding tert-OH is 8. The first-order valence-corrected chi connectivity index (χ1v) is 8.86. The van der Waals surface area contributed by atoms with Crippen LogP contribution < -0.4 is 0 Å². The standard InChI is InChI=1S/C18H31NO8/c20-10-15(24)17(26)13(22)8-19(7-6-12-4-2-1-3-5-12)9-14(23)18(27)16(25)11-21/h1-5,13-18,20-27H,6-11H2/t13-,14-,15+,16+,17-,18-/m0/s1. The van der Waals surface area contributed by atoms with E-state index in [0.717, 1.165) is 5.56 Å². The molecule has 0 radical (unpaired) electrons. The molecule has 156 valence electrons. The van der Waals surface area contributed by atoms with Crippen molar-refractivity contribution < 1.29 is 40.9 Å². The normalized spacial score (nSPS) is 18.7. The second kappa shape index (κ2) is 12.3. The van der Waals surface area contributed by atoms with E-state index in [1.807, 2.05) is 30.3 Å². The lowest BCUT2D eigenvalue weighted by molar-refractivity contribution is -0.0999. The fourth-order valence-electron chi connectivity index (χ4n) is 2.66. The summed E-state index contributed by atoms with van der Waals surface area (Å²) in [5, 5.41) is 76.5. The van der Waals surface area contributed by atoms with Gasteiger partial charge in [-0.1, -0.05) is 30.3 Å². The lowest BCUT2D eigenvalue weighted by Crippen LogP contribution is -2.50. The molecule has 0 saturated carbocycles. The minimum absolute atomic E-state index is 0.149. The predicted molar refractivity (Wildman–Crippen MR) is 96.8 cm³/mol. The fourth-order valence-corrected chi connectivity index (χ4v) is 2.66. The highest BCUT2D eigenvalue weighted by Gasteiger charge is 2.29. The number of aliphatic hydroxyl groups is 8. The Kier molecular flexibility index (Phi) is 10.9. The molecule has 1 aromatic carbocycles. The molecule has 8 N–H and O–H groups in total. The van der Waals surface area contributed by atoms with E-state index < -0.39 is 49.8 Å². The van der Waals surface area contributed by atoms with Crippen molar-refractivity contribution in [1.29, 1.82) is 0 Å². The number of rotatable bonds is 13. The lowest BCUT2D eigenvalue weighted by Gasteiger charge is -2.32. The van der Waals surface area contributed by atoms with Gasteiger partial charge in [0.2, 0.25) is 0 Å². The third kappa shape index (κ3) is 8.18. The van der Waals surface area contributed by atoms with Crippen LogP contribution in [-0.2, 0) is 6.42 Å². The van der Waals surface area contributed by atoms with Crippen LogP contribution in [0.5, 0.6) is 0 Å². The van der Waals surface area contributed by atoms with Crippen LogP contribution in [0.25, 0.3) is 0 Å². The van der Waals surface area contributed by atoms with Crippen LogP contribution in [0.3, 0.4) is 0 Å². The Balaban J connectivity index is 2.75. The first kappa shape index (κ1) is 23.9.